The van der Waals surface area contributed by atoms with Crippen LogP contribution in [-0.4, -0.2) is 50.7 Å². The minimum Gasteiger partial charge on any atom is -0.467 e. The predicted molar refractivity (Wildman–Crippen MR) is 116 cm³/mol. The van der Waals surface area contributed by atoms with Crippen LogP contribution in [0.15, 0.2) is 18.2 Å². The molecule has 3 rings (SSSR count). The van der Waals surface area contributed by atoms with Gasteiger partial charge in [0.05, 0.1) is 18.8 Å². The number of rotatable bonds is 12. The van der Waals surface area contributed by atoms with Crippen molar-refractivity contribution in [2.75, 3.05) is 26.1 Å². The molecule has 0 radical (unpaired) electrons. The Morgan fingerprint density at radius 3 is 2.38 bits per heavy atom. The SMILES string of the molecule is COCC(=O)NC(CCc1cccc(F)c1NC(=O)[C@@H](N)C(C1CC1)C1CC1)C(=O)OC. The molecule has 1 aromatic carbocycles. The van der Waals surface area contributed by atoms with E-state index in [0.29, 0.717) is 17.4 Å². The number of hydrogen-bond acceptors (Lipinski definition) is 6. The molecule has 32 heavy (non-hydrogen) atoms. The summed E-state index contributed by atoms with van der Waals surface area (Å²) in [4.78, 5) is 36.8. The van der Waals surface area contributed by atoms with Crippen molar-refractivity contribution in [1.82, 2.24) is 5.32 Å². The lowest BCUT2D eigenvalue weighted by atomic mass is 9.89. The van der Waals surface area contributed by atoms with Gasteiger partial charge in [-0.1, -0.05) is 12.1 Å². The van der Waals surface area contributed by atoms with Crippen LogP contribution in [0.3, 0.4) is 0 Å². The summed E-state index contributed by atoms with van der Waals surface area (Å²) < 4.78 is 24.2. The van der Waals surface area contributed by atoms with Crippen molar-refractivity contribution in [1.29, 1.82) is 0 Å². The minimum absolute atomic E-state index is 0.0603. The smallest absolute Gasteiger partial charge is 0.328 e. The van der Waals surface area contributed by atoms with Crippen molar-refractivity contribution >= 4 is 23.5 Å². The molecule has 176 valence electrons. The maximum absolute atomic E-state index is 14.6. The van der Waals surface area contributed by atoms with E-state index < -0.39 is 35.7 Å². The zero-order valence-corrected chi connectivity index (χ0v) is 18.6. The fourth-order valence-electron chi connectivity index (χ4n) is 4.29. The van der Waals surface area contributed by atoms with E-state index in [1.807, 2.05) is 0 Å². The van der Waals surface area contributed by atoms with Crippen molar-refractivity contribution in [2.24, 2.45) is 23.5 Å². The van der Waals surface area contributed by atoms with Crippen molar-refractivity contribution in [3.8, 4) is 0 Å². The molecule has 0 bridgehead atoms. The number of methoxy groups -OCH3 is 2. The van der Waals surface area contributed by atoms with E-state index in [4.69, 9.17) is 15.2 Å². The summed E-state index contributed by atoms with van der Waals surface area (Å²) in [7, 11) is 2.60. The first-order chi connectivity index (χ1) is 15.3. The summed E-state index contributed by atoms with van der Waals surface area (Å²) in [5.41, 5.74) is 6.87. The second-order valence-corrected chi connectivity index (χ2v) is 8.66. The number of hydrogen-bond donors (Lipinski definition) is 3. The number of carbonyl (C=O) groups is 3. The largest absolute Gasteiger partial charge is 0.467 e. The molecule has 9 heteroatoms. The van der Waals surface area contributed by atoms with E-state index in [2.05, 4.69) is 10.6 Å². The van der Waals surface area contributed by atoms with Crippen molar-refractivity contribution in [3.05, 3.63) is 29.6 Å². The molecule has 2 saturated carbocycles. The van der Waals surface area contributed by atoms with Crippen LogP contribution in [-0.2, 0) is 30.3 Å². The first-order valence-corrected chi connectivity index (χ1v) is 11.1. The first-order valence-electron chi connectivity index (χ1n) is 11.1. The quantitative estimate of drug-likeness (QED) is 0.419. The topological polar surface area (TPSA) is 120 Å². The van der Waals surface area contributed by atoms with E-state index in [0.717, 1.165) is 25.7 Å². The molecular weight excluding hydrogens is 417 g/mol. The molecular formula is C23H32FN3O5. The molecule has 0 heterocycles. The van der Waals surface area contributed by atoms with Crippen molar-refractivity contribution in [2.45, 2.75) is 50.6 Å². The highest BCUT2D eigenvalue weighted by Gasteiger charge is 2.46. The molecule has 1 unspecified atom stereocenters. The van der Waals surface area contributed by atoms with Crippen LogP contribution in [0.1, 0.15) is 37.7 Å². The molecule has 0 spiro atoms. The number of nitrogens with two attached hydrogens (primary N) is 1. The number of para-hydroxylation sites is 1. The van der Waals surface area contributed by atoms with Gasteiger partial charge in [-0.3, -0.25) is 9.59 Å². The summed E-state index contributed by atoms with van der Waals surface area (Å²) >= 11 is 0. The number of esters is 1. The predicted octanol–water partition coefficient (Wildman–Crippen LogP) is 1.76. The van der Waals surface area contributed by atoms with Crippen LogP contribution in [0.4, 0.5) is 10.1 Å². The summed E-state index contributed by atoms with van der Waals surface area (Å²) in [6.07, 6.45) is 4.76. The summed E-state index contributed by atoms with van der Waals surface area (Å²) in [6, 6.07) is 2.87. The highest BCUT2D eigenvalue weighted by molar-refractivity contribution is 5.95. The molecule has 2 atom stereocenters. The Bertz CT molecular complexity index is 829. The first kappa shape index (κ1) is 24.1. The molecule has 2 aliphatic rings. The lowest BCUT2D eigenvalue weighted by molar-refractivity contribution is -0.145. The molecule has 2 fully saturated rings. The number of benzene rings is 1. The molecule has 4 N–H and O–H groups in total. The number of ether oxygens (including phenoxy) is 2. The molecule has 1 aromatic rings. The van der Waals surface area contributed by atoms with Crippen LogP contribution in [0.5, 0.6) is 0 Å². The Kier molecular flexibility index (Phi) is 8.20. The highest BCUT2D eigenvalue weighted by Crippen LogP contribution is 2.50. The zero-order chi connectivity index (χ0) is 23.3. The third-order valence-electron chi connectivity index (χ3n) is 6.20. The Morgan fingerprint density at radius 1 is 1.16 bits per heavy atom. The van der Waals surface area contributed by atoms with E-state index >= 15 is 0 Å². The number of anilines is 1. The van der Waals surface area contributed by atoms with Gasteiger partial charge in [-0.2, -0.15) is 0 Å². The van der Waals surface area contributed by atoms with Gasteiger partial charge in [0.15, 0.2) is 0 Å². The second kappa shape index (κ2) is 10.9. The lowest BCUT2D eigenvalue weighted by Crippen LogP contribution is -2.44. The van der Waals surface area contributed by atoms with Crippen LogP contribution < -0.4 is 16.4 Å². The maximum Gasteiger partial charge on any atom is 0.328 e. The summed E-state index contributed by atoms with van der Waals surface area (Å²) in [6.45, 7) is -0.199. The van der Waals surface area contributed by atoms with Gasteiger partial charge in [-0.05, 0) is 67.9 Å². The molecule has 0 aliphatic heterocycles. The van der Waals surface area contributed by atoms with Gasteiger partial charge in [0, 0.05) is 7.11 Å². The standard InChI is InChI=1S/C23H32FN3O5/c1-31-12-18(28)26-17(23(30)32-2)11-10-15-4-3-5-16(24)21(15)27-22(29)20(25)19(13-6-7-13)14-8-9-14/h3-5,13-14,17,19-20H,6-12,25H2,1-2H3,(H,26,28)(H,27,29)/t17?,20-/m0/s1. The van der Waals surface area contributed by atoms with E-state index in [1.54, 1.807) is 6.07 Å². The average Bonchev–Trinajstić information content (AvgIpc) is 3.68. The van der Waals surface area contributed by atoms with Gasteiger partial charge < -0.3 is 25.8 Å². The summed E-state index contributed by atoms with van der Waals surface area (Å²) in [5, 5.41) is 5.24. The Hall–Kier alpha value is -2.52. The van der Waals surface area contributed by atoms with Gasteiger partial charge in [0.2, 0.25) is 11.8 Å². The fourth-order valence-corrected chi connectivity index (χ4v) is 4.29. The Morgan fingerprint density at radius 2 is 1.81 bits per heavy atom. The fraction of sp³-hybridized carbons (Fsp3) is 0.609. The number of amides is 2. The van der Waals surface area contributed by atoms with Crippen LogP contribution in [0.25, 0.3) is 0 Å². The number of nitrogens with one attached hydrogen (secondary N) is 2. The van der Waals surface area contributed by atoms with Crippen molar-refractivity contribution < 1.29 is 28.2 Å². The molecule has 2 amide bonds. The highest BCUT2D eigenvalue weighted by atomic mass is 19.1. The van der Waals surface area contributed by atoms with Crippen LogP contribution >= 0.6 is 0 Å². The second-order valence-electron chi connectivity index (χ2n) is 8.66. The van der Waals surface area contributed by atoms with Gasteiger partial charge in [-0.15, -0.1) is 0 Å². The van der Waals surface area contributed by atoms with E-state index in [-0.39, 0.29) is 31.1 Å². The van der Waals surface area contributed by atoms with Gasteiger partial charge in [0.1, 0.15) is 18.5 Å². The zero-order valence-electron chi connectivity index (χ0n) is 18.6. The van der Waals surface area contributed by atoms with Gasteiger partial charge >= 0.3 is 5.97 Å². The third kappa shape index (κ3) is 6.26. The molecule has 0 saturated heterocycles. The third-order valence-corrected chi connectivity index (χ3v) is 6.20. The van der Waals surface area contributed by atoms with Gasteiger partial charge in [-0.25, -0.2) is 9.18 Å². The Balaban J connectivity index is 1.68. The lowest BCUT2D eigenvalue weighted by Gasteiger charge is -2.24. The number of halogens is 1. The summed E-state index contributed by atoms with van der Waals surface area (Å²) in [5.74, 6) is -0.929. The van der Waals surface area contributed by atoms with Crippen LogP contribution in [0.2, 0.25) is 0 Å². The average molecular weight is 450 g/mol. The van der Waals surface area contributed by atoms with Gasteiger partial charge in [0.25, 0.3) is 0 Å². The van der Waals surface area contributed by atoms with Crippen molar-refractivity contribution in [3.63, 3.8) is 0 Å². The molecule has 0 aromatic heterocycles. The number of carbonyl (C=O) groups excluding carboxylic acids is 3. The number of aryl methyl sites for hydroxylation is 1. The molecule has 8 nitrogen and oxygen atoms in total. The maximum atomic E-state index is 14.6. The Labute approximate surface area is 187 Å². The van der Waals surface area contributed by atoms with Crippen LogP contribution in [0, 0.1) is 23.6 Å². The van der Waals surface area contributed by atoms with E-state index in [1.165, 1.54) is 26.4 Å². The minimum atomic E-state index is -0.925. The normalized spacial score (nSPS) is 17.5. The monoisotopic (exact) mass is 449 g/mol. The molecule has 2 aliphatic carbocycles. The van der Waals surface area contributed by atoms with E-state index in [9.17, 15) is 18.8 Å².